The first-order chi connectivity index (χ1) is 42.2. The summed E-state index contributed by atoms with van der Waals surface area (Å²) in [6, 6.07) is -1.72. The van der Waals surface area contributed by atoms with Crippen molar-refractivity contribution in [2.24, 2.45) is 5.41 Å². The van der Waals surface area contributed by atoms with Crippen LogP contribution in [0.4, 0.5) is 0 Å². The topological polar surface area (TPSA) is 393 Å². The van der Waals surface area contributed by atoms with Crippen LogP contribution in [0, 0.1) is 5.41 Å². The van der Waals surface area contributed by atoms with E-state index in [4.69, 9.17) is 14.2 Å². The highest BCUT2D eigenvalue weighted by atomic mass is 16.5. The van der Waals surface area contributed by atoms with Crippen LogP contribution in [0.2, 0.25) is 0 Å². The van der Waals surface area contributed by atoms with E-state index >= 15 is 0 Å². The maximum atomic E-state index is 10.9. The summed E-state index contributed by atoms with van der Waals surface area (Å²) in [4.78, 5) is 5.60. The van der Waals surface area contributed by atoms with Gasteiger partial charge in [-0.25, -0.2) is 0 Å². The predicted octanol–water partition coefficient (Wildman–Crippen LogP) is -1.14. The third kappa shape index (κ3) is 24.0. The number of hydrogen-bond donors (Lipinski definition) is 13. The predicted molar refractivity (Wildman–Crippen MR) is 317 cm³/mol. The number of piperidine rings is 3. The molecule has 3 aliphatic heterocycles. The number of β-amino-alcohol motifs (C(OH)–C–C–N with tert-alkyl or cyclic N) is 3. The molecule has 6 rings (SSSR count). The first-order valence-electron chi connectivity index (χ1n) is 32.4. The van der Waals surface area contributed by atoms with Crippen molar-refractivity contribution in [3.8, 4) is 0 Å². The van der Waals surface area contributed by atoms with Gasteiger partial charge in [-0.15, -0.1) is 15.3 Å². The minimum absolute atomic E-state index is 0.104. The van der Waals surface area contributed by atoms with Gasteiger partial charge in [0.25, 0.3) is 0 Å². The van der Waals surface area contributed by atoms with Gasteiger partial charge < -0.3 is 80.6 Å². The van der Waals surface area contributed by atoms with Gasteiger partial charge in [0.1, 0.15) is 53.7 Å². The lowest BCUT2D eigenvalue weighted by Crippen LogP contribution is -2.62. The smallest absolute Gasteiger partial charge is 0.109 e. The zero-order valence-electron chi connectivity index (χ0n) is 51.3. The molecule has 0 bridgehead atoms. The fourth-order valence-electron chi connectivity index (χ4n) is 12.2. The number of hydrogen-bond acceptors (Lipinski definition) is 25. The number of aliphatic hydroxyl groups excluding tert-OH is 13. The Hall–Kier alpha value is -3.34. The highest BCUT2D eigenvalue weighted by Gasteiger charge is 2.43. The lowest BCUT2D eigenvalue weighted by molar-refractivity contribution is -0.145. The van der Waals surface area contributed by atoms with E-state index in [0.29, 0.717) is 56.4 Å². The molecule has 3 aromatic heterocycles. The van der Waals surface area contributed by atoms with Crippen molar-refractivity contribution in [2.75, 3.05) is 85.5 Å². The summed E-state index contributed by atoms with van der Waals surface area (Å²) in [5, 5.41) is 157. The third-order valence-corrected chi connectivity index (χ3v) is 17.7. The number of likely N-dealkylation sites (tertiary alicyclic amines) is 3. The van der Waals surface area contributed by atoms with Crippen LogP contribution >= 0.6 is 0 Å². The van der Waals surface area contributed by atoms with Crippen LogP contribution in [-0.2, 0) is 53.7 Å². The molecule has 0 radical (unpaired) electrons. The molecule has 0 amide bonds. The summed E-state index contributed by atoms with van der Waals surface area (Å²) in [7, 11) is 0. The van der Waals surface area contributed by atoms with Gasteiger partial charge in [-0.05, 0) is 58.2 Å². The van der Waals surface area contributed by atoms with Crippen LogP contribution in [-0.4, -0.2) is 285 Å². The monoisotopic (exact) mass is 1240 g/mol. The van der Waals surface area contributed by atoms with E-state index in [0.717, 1.165) is 135 Å². The van der Waals surface area contributed by atoms with E-state index in [-0.39, 0.29) is 85.7 Å². The SMILES string of the molecule is OC[C@@H]1[C@@H](O)[C@H](O)[C@@H](O)CN1CCCCCCCCCn1cc(COCC(CO)(COCc2cn(CCCCCCCCCN3C[C@H](O)[C@@H](O)[C@H](O)[C@H]3CO)nn2)COCc2cn(CCCCCCCCCN3C[C@H](O)[C@@H](O)[C@H](O)[C@H]3CO)nn2)nn1. The minimum atomic E-state index is -1.25. The molecular formula is C59H108N12O16. The molecule has 3 aliphatic rings. The van der Waals surface area contributed by atoms with E-state index in [1.54, 1.807) is 0 Å². The molecule has 3 fully saturated rings. The third-order valence-electron chi connectivity index (χ3n) is 17.7. The normalized spacial score (nSPS) is 26.2. The lowest BCUT2D eigenvalue weighted by atomic mass is 9.92. The molecule has 3 aromatic rings. The first-order valence-corrected chi connectivity index (χ1v) is 32.4. The number of nitrogens with zero attached hydrogens (tertiary/aromatic N) is 12. The largest absolute Gasteiger partial charge is 0.396 e. The number of unbranched alkanes of at least 4 members (excludes halogenated alkanes) is 18. The lowest BCUT2D eigenvalue weighted by Gasteiger charge is -2.43. The van der Waals surface area contributed by atoms with Crippen LogP contribution in [0.3, 0.4) is 0 Å². The summed E-state index contributed by atoms with van der Waals surface area (Å²) in [5.41, 5.74) is 1.03. The average Bonchev–Trinajstić information content (AvgIpc) is 3.26. The van der Waals surface area contributed by atoms with E-state index < -0.39 is 78.5 Å². The van der Waals surface area contributed by atoms with Gasteiger partial charge in [-0.2, -0.15) is 0 Å². The van der Waals surface area contributed by atoms with Gasteiger partial charge >= 0.3 is 0 Å². The zero-order chi connectivity index (χ0) is 62.4. The van der Waals surface area contributed by atoms with Gasteiger partial charge in [0.15, 0.2) is 0 Å². The van der Waals surface area contributed by atoms with Gasteiger partial charge in [-0.3, -0.25) is 28.7 Å². The Morgan fingerprint density at radius 1 is 0.345 bits per heavy atom. The first kappa shape index (κ1) is 72.7. The molecule has 3 saturated heterocycles. The van der Waals surface area contributed by atoms with Gasteiger partial charge in [0, 0.05) is 39.3 Å². The Labute approximate surface area is 512 Å². The van der Waals surface area contributed by atoms with Crippen molar-refractivity contribution < 1.29 is 80.6 Å². The molecule has 13 N–H and O–H groups in total. The van der Waals surface area contributed by atoms with E-state index in [1.165, 1.54) is 0 Å². The van der Waals surface area contributed by atoms with Crippen molar-refractivity contribution in [1.29, 1.82) is 0 Å². The van der Waals surface area contributed by atoms with Crippen molar-refractivity contribution in [1.82, 2.24) is 59.7 Å². The van der Waals surface area contributed by atoms with E-state index in [1.807, 2.05) is 47.3 Å². The van der Waals surface area contributed by atoms with E-state index in [2.05, 4.69) is 30.9 Å². The highest BCUT2D eigenvalue weighted by molar-refractivity contribution is 4.97. The number of aliphatic hydroxyl groups is 13. The Kier molecular flexibility index (Phi) is 33.3. The second-order valence-corrected chi connectivity index (χ2v) is 24.9. The highest BCUT2D eigenvalue weighted by Crippen LogP contribution is 2.25. The summed E-state index contributed by atoms with van der Waals surface area (Å²) in [6.45, 7) is 4.46. The van der Waals surface area contributed by atoms with Crippen LogP contribution in [0.15, 0.2) is 18.6 Å². The molecule has 87 heavy (non-hydrogen) atoms. The molecule has 0 aliphatic carbocycles. The minimum Gasteiger partial charge on any atom is -0.396 e. The number of ether oxygens (including phenoxy) is 3. The standard InChI is InChI=1S/C59H108N12O16/c72-34-47-53(79)56(82)50(76)31-66(47)22-16-10-4-1-7-13-19-25-69-28-44(60-63-69)37-85-41-59(40-75,42-86-38-45-29-70(64-61-45)26-20-14-8-2-5-11-17-23-67-32-51(77)57(83)54(80)48(67)35-73)43-87-39-46-30-71(65-62-46)27-21-15-9-3-6-12-18-24-68-33-52(78)58(84)55(81)49(68)36-74/h28-30,47-58,72-84H,1-27,31-43H2/t47-,48-,49-,50+,51+,52+,53-,54-,55-,56-,57-,58-/m1/s1. The molecule has 0 unspecified atom stereocenters. The number of rotatable bonds is 46. The fourth-order valence-corrected chi connectivity index (χ4v) is 12.2. The Bertz CT molecular complexity index is 2020. The fraction of sp³-hybridized carbons (Fsp3) is 0.898. The van der Waals surface area contributed by atoms with Crippen molar-refractivity contribution in [2.45, 2.75) is 247 Å². The summed E-state index contributed by atoms with van der Waals surface area (Å²) in [5.74, 6) is 0. The summed E-state index contributed by atoms with van der Waals surface area (Å²) < 4.78 is 24.1. The maximum absolute atomic E-state index is 10.9. The molecule has 0 aromatic carbocycles. The Morgan fingerprint density at radius 3 is 0.828 bits per heavy atom. The molecule has 0 spiro atoms. The maximum Gasteiger partial charge on any atom is 0.109 e. The van der Waals surface area contributed by atoms with Crippen LogP contribution < -0.4 is 0 Å². The molecule has 500 valence electrons. The van der Waals surface area contributed by atoms with Crippen LogP contribution in [0.1, 0.15) is 152 Å². The van der Waals surface area contributed by atoms with Gasteiger partial charge in [0.05, 0.1) is 127 Å². The molecule has 28 nitrogen and oxygen atoms in total. The summed E-state index contributed by atoms with van der Waals surface area (Å²) in [6.07, 6.45) is 16.4. The molecule has 6 heterocycles. The van der Waals surface area contributed by atoms with E-state index in [9.17, 15) is 66.4 Å². The van der Waals surface area contributed by atoms with Crippen LogP contribution in [0.25, 0.3) is 0 Å². The number of aryl methyl sites for hydroxylation is 3. The van der Waals surface area contributed by atoms with Crippen molar-refractivity contribution >= 4 is 0 Å². The Morgan fingerprint density at radius 2 is 0.586 bits per heavy atom. The second kappa shape index (κ2) is 39.8. The van der Waals surface area contributed by atoms with Crippen LogP contribution in [0.5, 0.6) is 0 Å². The summed E-state index contributed by atoms with van der Waals surface area (Å²) >= 11 is 0. The van der Waals surface area contributed by atoms with Gasteiger partial charge in [0.2, 0.25) is 0 Å². The molecule has 0 saturated carbocycles. The molecule has 28 heteroatoms. The quantitative estimate of drug-likeness (QED) is 0.0297. The number of aromatic nitrogens is 9. The zero-order valence-corrected chi connectivity index (χ0v) is 51.3. The molecule has 12 atom stereocenters. The van der Waals surface area contributed by atoms with Gasteiger partial charge in [-0.1, -0.05) is 112 Å². The van der Waals surface area contributed by atoms with Crippen molar-refractivity contribution in [3.63, 3.8) is 0 Å². The second-order valence-electron chi connectivity index (χ2n) is 24.9. The average molecular weight is 1240 g/mol. The molecular weight excluding hydrogens is 1130 g/mol. The Balaban J connectivity index is 0.875. The van der Waals surface area contributed by atoms with Crippen molar-refractivity contribution in [3.05, 3.63) is 35.7 Å².